The van der Waals surface area contributed by atoms with Crippen LogP contribution in [0.3, 0.4) is 0 Å². The first-order valence-electron chi connectivity index (χ1n) is 8.81. The molecule has 2 aromatic heterocycles. The zero-order valence-electron chi connectivity index (χ0n) is 15.5. The summed E-state index contributed by atoms with van der Waals surface area (Å²) in [6.07, 6.45) is -4.78. The molecule has 0 spiro atoms. The Balaban J connectivity index is 1.91. The van der Waals surface area contributed by atoms with Gasteiger partial charge in [0.1, 0.15) is 5.82 Å². The Labute approximate surface area is 178 Å². The summed E-state index contributed by atoms with van der Waals surface area (Å²) in [5.41, 5.74) is -0.972. The quantitative estimate of drug-likeness (QED) is 0.469. The minimum absolute atomic E-state index is 0.0153. The number of amides is 1. The summed E-state index contributed by atoms with van der Waals surface area (Å²) >= 11 is 5.92. The molecule has 0 fully saturated rings. The number of halogens is 4. The molecule has 0 bridgehead atoms. The lowest BCUT2D eigenvalue weighted by molar-refractivity contribution is -0.137. The van der Waals surface area contributed by atoms with Crippen LogP contribution in [-0.4, -0.2) is 31.5 Å². The molecule has 0 aliphatic rings. The van der Waals surface area contributed by atoms with Gasteiger partial charge in [-0.3, -0.25) is 4.79 Å². The predicted octanol–water partition coefficient (Wildman–Crippen LogP) is 4.85. The molecule has 7 nitrogen and oxygen atoms in total. The number of hydrogen-bond acceptors (Lipinski definition) is 5. The van der Waals surface area contributed by atoms with E-state index in [-0.39, 0.29) is 22.9 Å². The monoisotopic (exact) mass is 444 g/mol. The maximum absolute atomic E-state index is 14.0. The summed E-state index contributed by atoms with van der Waals surface area (Å²) in [7, 11) is 0. The predicted molar refractivity (Wildman–Crippen MR) is 107 cm³/mol. The van der Waals surface area contributed by atoms with Crippen molar-refractivity contribution in [1.29, 1.82) is 0 Å². The summed E-state index contributed by atoms with van der Waals surface area (Å²) in [4.78, 5) is 17.0. The topological polar surface area (TPSA) is 96.5 Å². The molecule has 2 aromatic carbocycles. The normalized spacial score (nSPS) is 11.4. The van der Waals surface area contributed by atoms with Gasteiger partial charge < -0.3 is 5.32 Å². The molecule has 4 rings (SSSR count). The smallest absolute Gasteiger partial charge is 0.306 e. The molecule has 156 valence electrons. The lowest BCUT2D eigenvalue weighted by Gasteiger charge is -2.17. The van der Waals surface area contributed by atoms with Crippen LogP contribution < -0.4 is 5.32 Å². The van der Waals surface area contributed by atoms with Gasteiger partial charge in [-0.2, -0.15) is 18.4 Å². The highest BCUT2D eigenvalue weighted by atomic mass is 35.5. The molecule has 4 aromatic rings. The van der Waals surface area contributed by atoms with Crippen LogP contribution in [0.4, 0.5) is 19.0 Å². The second-order valence-electron chi connectivity index (χ2n) is 6.34. The molecule has 0 saturated carbocycles. The highest BCUT2D eigenvalue weighted by Crippen LogP contribution is 2.41. The Morgan fingerprint density at radius 2 is 1.81 bits per heavy atom. The van der Waals surface area contributed by atoms with E-state index >= 15 is 0 Å². The molecule has 0 radical (unpaired) electrons. The second-order valence-corrected chi connectivity index (χ2v) is 6.78. The third kappa shape index (κ3) is 4.38. The molecule has 1 amide bonds. The molecule has 11 heteroatoms. The van der Waals surface area contributed by atoms with Gasteiger partial charge >= 0.3 is 6.18 Å². The zero-order chi connectivity index (χ0) is 22.0. The fourth-order valence-electron chi connectivity index (χ4n) is 2.92. The van der Waals surface area contributed by atoms with E-state index in [0.29, 0.717) is 10.6 Å². The molecular formula is C20H12ClF3N6O. The van der Waals surface area contributed by atoms with Gasteiger partial charge in [-0.05, 0) is 29.5 Å². The van der Waals surface area contributed by atoms with Crippen molar-refractivity contribution in [3.05, 3.63) is 76.8 Å². The van der Waals surface area contributed by atoms with Crippen molar-refractivity contribution in [2.24, 2.45) is 0 Å². The standard InChI is InChI=1S/C20H12ClF3N6O/c21-13-8-4-7-12(9-13)19(31)26-17-16(18-27-29-30-28-18)14(20(22,23)24)10-15(25-17)11-5-2-1-3-6-11/h1-10H,(H,25,26,31)(H,27,28,29,30). The number of tetrazole rings is 1. The molecule has 0 atom stereocenters. The summed E-state index contributed by atoms with van der Waals surface area (Å²) in [5.74, 6) is -1.42. The highest BCUT2D eigenvalue weighted by Gasteiger charge is 2.38. The lowest BCUT2D eigenvalue weighted by Crippen LogP contribution is -2.17. The van der Waals surface area contributed by atoms with E-state index in [2.05, 4.69) is 30.9 Å². The summed E-state index contributed by atoms with van der Waals surface area (Å²) in [5, 5.41) is 15.5. The van der Waals surface area contributed by atoms with Crippen molar-refractivity contribution in [1.82, 2.24) is 25.6 Å². The second kappa shape index (κ2) is 8.15. The zero-order valence-corrected chi connectivity index (χ0v) is 16.2. The van der Waals surface area contributed by atoms with Crippen LogP contribution in [0.2, 0.25) is 5.02 Å². The molecule has 0 saturated heterocycles. The Kier molecular flexibility index (Phi) is 5.38. The van der Waals surface area contributed by atoms with Crippen LogP contribution in [-0.2, 0) is 6.18 Å². The Hall–Kier alpha value is -3.79. The summed E-state index contributed by atoms with van der Waals surface area (Å²) in [6, 6.07) is 15.1. The van der Waals surface area contributed by atoms with Crippen LogP contribution >= 0.6 is 11.6 Å². The number of carbonyl (C=O) groups is 1. The fraction of sp³-hybridized carbons (Fsp3) is 0.0500. The number of nitrogens with one attached hydrogen (secondary N) is 2. The van der Waals surface area contributed by atoms with Crippen molar-refractivity contribution < 1.29 is 18.0 Å². The van der Waals surface area contributed by atoms with Gasteiger partial charge in [0.2, 0.25) is 5.82 Å². The average molecular weight is 445 g/mol. The van der Waals surface area contributed by atoms with Crippen molar-refractivity contribution >= 4 is 23.3 Å². The number of H-pyrrole nitrogens is 1. The Morgan fingerprint density at radius 3 is 2.45 bits per heavy atom. The largest absolute Gasteiger partial charge is 0.417 e. The Bertz CT molecular complexity index is 1230. The number of alkyl halides is 3. The summed E-state index contributed by atoms with van der Waals surface area (Å²) in [6.45, 7) is 0. The first-order chi connectivity index (χ1) is 14.8. The third-order valence-electron chi connectivity index (χ3n) is 4.28. The molecule has 31 heavy (non-hydrogen) atoms. The first-order valence-corrected chi connectivity index (χ1v) is 9.19. The molecule has 0 unspecified atom stereocenters. The number of carbonyl (C=O) groups excluding carboxylic acids is 1. The number of pyridine rings is 1. The molecule has 0 aliphatic heterocycles. The number of nitrogens with zero attached hydrogens (tertiary/aromatic N) is 4. The van der Waals surface area contributed by atoms with E-state index in [9.17, 15) is 18.0 Å². The van der Waals surface area contributed by atoms with Crippen LogP contribution in [0.25, 0.3) is 22.6 Å². The van der Waals surface area contributed by atoms with Crippen molar-refractivity contribution in [2.75, 3.05) is 5.32 Å². The number of rotatable bonds is 4. The molecular weight excluding hydrogens is 433 g/mol. The van der Waals surface area contributed by atoms with Gasteiger partial charge in [0.25, 0.3) is 5.91 Å². The average Bonchev–Trinajstić information content (AvgIpc) is 3.27. The van der Waals surface area contributed by atoms with Gasteiger partial charge in [-0.1, -0.05) is 48.0 Å². The van der Waals surface area contributed by atoms with Gasteiger partial charge in [-0.25, -0.2) is 4.98 Å². The minimum atomic E-state index is -4.78. The third-order valence-corrected chi connectivity index (χ3v) is 4.52. The van der Waals surface area contributed by atoms with Gasteiger partial charge in [-0.15, -0.1) is 10.2 Å². The van der Waals surface area contributed by atoms with Crippen LogP contribution in [0.1, 0.15) is 15.9 Å². The summed E-state index contributed by atoms with van der Waals surface area (Å²) < 4.78 is 42.0. The van der Waals surface area contributed by atoms with Crippen molar-refractivity contribution in [2.45, 2.75) is 6.18 Å². The van der Waals surface area contributed by atoms with Crippen LogP contribution in [0, 0.1) is 0 Å². The SMILES string of the molecule is O=C(Nc1nc(-c2ccccc2)cc(C(F)(F)F)c1-c1nn[nH]n1)c1cccc(Cl)c1. The van der Waals surface area contributed by atoms with Crippen molar-refractivity contribution in [3.63, 3.8) is 0 Å². The number of hydrogen-bond donors (Lipinski definition) is 2. The number of benzene rings is 2. The lowest BCUT2D eigenvalue weighted by atomic mass is 10.0. The number of aromatic nitrogens is 5. The molecule has 2 N–H and O–H groups in total. The fourth-order valence-corrected chi connectivity index (χ4v) is 3.11. The van der Waals surface area contributed by atoms with E-state index in [1.165, 1.54) is 12.1 Å². The van der Waals surface area contributed by atoms with E-state index in [1.54, 1.807) is 42.5 Å². The highest BCUT2D eigenvalue weighted by molar-refractivity contribution is 6.31. The van der Waals surface area contributed by atoms with Crippen molar-refractivity contribution in [3.8, 4) is 22.6 Å². The molecule has 0 aliphatic carbocycles. The van der Waals surface area contributed by atoms with Gasteiger partial charge in [0.05, 0.1) is 16.8 Å². The van der Waals surface area contributed by atoms with E-state index in [1.807, 2.05) is 0 Å². The maximum atomic E-state index is 14.0. The van der Waals surface area contributed by atoms with Gasteiger partial charge in [0.15, 0.2) is 0 Å². The van der Waals surface area contributed by atoms with E-state index in [0.717, 1.165) is 6.07 Å². The van der Waals surface area contributed by atoms with E-state index < -0.39 is 23.2 Å². The Morgan fingerprint density at radius 1 is 1.03 bits per heavy atom. The number of aromatic amines is 1. The van der Waals surface area contributed by atoms with Crippen LogP contribution in [0.5, 0.6) is 0 Å². The molecule has 2 heterocycles. The van der Waals surface area contributed by atoms with E-state index in [4.69, 9.17) is 11.6 Å². The number of anilines is 1. The maximum Gasteiger partial charge on any atom is 0.417 e. The van der Waals surface area contributed by atoms with Gasteiger partial charge in [0, 0.05) is 16.1 Å². The first kappa shape index (κ1) is 20.5. The minimum Gasteiger partial charge on any atom is -0.306 e. The van der Waals surface area contributed by atoms with Crippen LogP contribution in [0.15, 0.2) is 60.7 Å².